The predicted octanol–water partition coefficient (Wildman–Crippen LogP) is 0.692. The molecule has 0 heterocycles. The minimum Gasteiger partial charge on any atom is -0.361 e. The largest absolute Gasteiger partial charge is 0.361 e. The summed E-state index contributed by atoms with van der Waals surface area (Å²) < 4.78 is 0. The Labute approximate surface area is 89.8 Å². The van der Waals surface area contributed by atoms with Gasteiger partial charge in [0.15, 0.2) is 5.11 Å². The lowest BCUT2D eigenvalue weighted by Crippen LogP contribution is -2.47. The van der Waals surface area contributed by atoms with Crippen molar-refractivity contribution in [2.45, 2.75) is 32.6 Å². The molecule has 0 bridgehead atoms. The van der Waals surface area contributed by atoms with Crippen molar-refractivity contribution in [2.75, 3.05) is 6.54 Å². The number of carbonyl (C=O) groups excluding carboxylic acids is 1. The number of thiocarbonyl (C=S) groups is 1. The van der Waals surface area contributed by atoms with Gasteiger partial charge in [0.1, 0.15) is 0 Å². The van der Waals surface area contributed by atoms with E-state index >= 15 is 0 Å². The van der Waals surface area contributed by atoms with Crippen LogP contribution < -0.4 is 16.2 Å². The lowest BCUT2D eigenvalue weighted by atomic mass is 10.3. The van der Waals surface area contributed by atoms with Crippen molar-refractivity contribution in [3.63, 3.8) is 0 Å². The molecule has 0 unspecified atom stereocenters. The van der Waals surface area contributed by atoms with Crippen molar-refractivity contribution in [1.82, 2.24) is 16.2 Å². The molecule has 1 rings (SSSR count). The molecule has 1 amide bonds. The maximum Gasteiger partial charge on any atom is 0.241 e. The molecule has 0 aromatic rings. The SMILES string of the molecule is CCCCNC(=S)NNC(=O)C1CC1. The van der Waals surface area contributed by atoms with Crippen LogP contribution in [0, 0.1) is 5.92 Å². The monoisotopic (exact) mass is 215 g/mol. The second-order valence-corrected chi connectivity index (χ2v) is 3.91. The molecule has 1 aliphatic carbocycles. The minimum atomic E-state index is 0.0460. The molecule has 5 heteroatoms. The summed E-state index contributed by atoms with van der Waals surface area (Å²) in [7, 11) is 0. The maximum atomic E-state index is 11.2. The van der Waals surface area contributed by atoms with E-state index in [1.165, 1.54) is 0 Å². The number of hydrogen-bond acceptors (Lipinski definition) is 2. The van der Waals surface area contributed by atoms with Crippen LogP contribution in [0.2, 0.25) is 0 Å². The summed E-state index contributed by atoms with van der Waals surface area (Å²) in [6.45, 7) is 2.97. The number of carbonyl (C=O) groups is 1. The van der Waals surface area contributed by atoms with Gasteiger partial charge in [0, 0.05) is 12.5 Å². The van der Waals surface area contributed by atoms with E-state index in [4.69, 9.17) is 12.2 Å². The molecule has 0 aliphatic heterocycles. The van der Waals surface area contributed by atoms with Crippen LogP contribution in [0.25, 0.3) is 0 Å². The molecule has 3 N–H and O–H groups in total. The normalized spacial score (nSPS) is 14.6. The average molecular weight is 215 g/mol. The summed E-state index contributed by atoms with van der Waals surface area (Å²) in [5.74, 6) is 0.255. The van der Waals surface area contributed by atoms with Crippen molar-refractivity contribution in [3.8, 4) is 0 Å². The minimum absolute atomic E-state index is 0.0460. The molecule has 0 aromatic heterocycles. The molecular formula is C9H17N3OS. The Balaban J connectivity index is 1.99. The highest BCUT2D eigenvalue weighted by Crippen LogP contribution is 2.28. The fourth-order valence-electron chi connectivity index (χ4n) is 0.989. The van der Waals surface area contributed by atoms with Crippen LogP contribution in [0.3, 0.4) is 0 Å². The third-order valence-electron chi connectivity index (χ3n) is 2.06. The fraction of sp³-hybridized carbons (Fsp3) is 0.778. The van der Waals surface area contributed by atoms with Crippen LogP contribution in [-0.4, -0.2) is 17.6 Å². The zero-order chi connectivity index (χ0) is 10.4. The van der Waals surface area contributed by atoms with Crippen LogP contribution >= 0.6 is 12.2 Å². The van der Waals surface area contributed by atoms with Gasteiger partial charge in [-0.3, -0.25) is 15.6 Å². The molecule has 1 aliphatic rings. The summed E-state index contributed by atoms with van der Waals surface area (Å²) in [5, 5.41) is 3.50. The second-order valence-electron chi connectivity index (χ2n) is 3.50. The molecule has 0 atom stereocenters. The third kappa shape index (κ3) is 4.41. The highest BCUT2D eigenvalue weighted by Gasteiger charge is 2.29. The Morgan fingerprint density at radius 2 is 2.14 bits per heavy atom. The zero-order valence-electron chi connectivity index (χ0n) is 8.43. The fourth-order valence-corrected chi connectivity index (χ4v) is 1.14. The zero-order valence-corrected chi connectivity index (χ0v) is 9.25. The highest BCUT2D eigenvalue weighted by molar-refractivity contribution is 7.80. The van der Waals surface area contributed by atoms with Gasteiger partial charge in [-0.1, -0.05) is 13.3 Å². The Kier molecular flexibility index (Phi) is 4.65. The smallest absolute Gasteiger partial charge is 0.241 e. The van der Waals surface area contributed by atoms with Crippen LogP contribution in [0.1, 0.15) is 32.6 Å². The molecule has 14 heavy (non-hydrogen) atoms. The third-order valence-corrected chi connectivity index (χ3v) is 2.31. The Morgan fingerprint density at radius 3 is 2.71 bits per heavy atom. The van der Waals surface area contributed by atoms with E-state index in [1.807, 2.05) is 0 Å². The van der Waals surface area contributed by atoms with Gasteiger partial charge >= 0.3 is 0 Å². The van der Waals surface area contributed by atoms with Crippen molar-refractivity contribution in [3.05, 3.63) is 0 Å². The molecular weight excluding hydrogens is 198 g/mol. The van der Waals surface area contributed by atoms with E-state index in [9.17, 15) is 4.79 Å². The number of rotatable bonds is 4. The standard InChI is InChI=1S/C9H17N3OS/c1-2-3-6-10-9(14)12-11-8(13)7-4-5-7/h7H,2-6H2,1H3,(H,11,13)(H2,10,12,14). The first-order valence-corrected chi connectivity index (χ1v) is 5.48. The van der Waals surface area contributed by atoms with E-state index in [2.05, 4.69) is 23.1 Å². The van der Waals surface area contributed by atoms with Gasteiger partial charge < -0.3 is 5.32 Å². The van der Waals surface area contributed by atoms with Crippen molar-refractivity contribution >= 4 is 23.2 Å². The maximum absolute atomic E-state index is 11.2. The Morgan fingerprint density at radius 1 is 1.43 bits per heavy atom. The topological polar surface area (TPSA) is 53.2 Å². The molecule has 0 radical (unpaired) electrons. The van der Waals surface area contributed by atoms with Crippen LogP contribution in [0.4, 0.5) is 0 Å². The molecule has 0 spiro atoms. The first kappa shape index (κ1) is 11.2. The summed E-state index contributed by atoms with van der Waals surface area (Å²) in [5.41, 5.74) is 5.26. The van der Waals surface area contributed by atoms with Crippen molar-refractivity contribution in [2.24, 2.45) is 5.92 Å². The van der Waals surface area contributed by atoms with Crippen molar-refractivity contribution < 1.29 is 4.79 Å². The quantitative estimate of drug-likeness (QED) is 0.367. The molecule has 0 saturated heterocycles. The van der Waals surface area contributed by atoms with Crippen LogP contribution in [-0.2, 0) is 4.79 Å². The van der Waals surface area contributed by atoms with Gasteiger partial charge in [-0.25, -0.2) is 0 Å². The van der Waals surface area contributed by atoms with E-state index < -0.39 is 0 Å². The van der Waals surface area contributed by atoms with E-state index in [0.717, 1.165) is 32.2 Å². The van der Waals surface area contributed by atoms with Gasteiger partial charge in [0.05, 0.1) is 0 Å². The molecule has 0 aromatic carbocycles. The van der Waals surface area contributed by atoms with Gasteiger partial charge in [-0.2, -0.15) is 0 Å². The van der Waals surface area contributed by atoms with Gasteiger partial charge in [-0.05, 0) is 31.5 Å². The average Bonchev–Trinajstić information content (AvgIpc) is 2.98. The van der Waals surface area contributed by atoms with E-state index in [0.29, 0.717) is 5.11 Å². The summed E-state index contributed by atoms with van der Waals surface area (Å²) in [6.07, 6.45) is 4.22. The number of hydrogen-bond donors (Lipinski definition) is 3. The first-order valence-electron chi connectivity index (χ1n) is 5.07. The second kappa shape index (κ2) is 5.80. The summed E-state index contributed by atoms with van der Waals surface area (Å²) >= 11 is 4.96. The van der Waals surface area contributed by atoms with E-state index in [1.54, 1.807) is 0 Å². The lowest BCUT2D eigenvalue weighted by molar-refractivity contribution is -0.122. The molecule has 4 nitrogen and oxygen atoms in total. The Hall–Kier alpha value is -0.840. The number of unbranched alkanes of at least 4 members (excludes halogenated alkanes) is 1. The number of amides is 1. The number of hydrazine groups is 1. The van der Waals surface area contributed by atoms with Gasteiger partial charge in [-0.15, -0.1) is 0 Å². The first-order chi connectivity index (χ1) is 6.74. The Bertz CT molecular complexity index is 216. The van der Waals surface area contributed by atoms with Gasteiger partial charge in [0.25, 0.3) is 0 Å². The van der Waals surface area contributed by atoms with Gasteiger partial charge in [0.2, 0.25) is 5.91 Å². The molecule has 80 valence electrons. The molecule has 1 fully saturated rings. The van der Waals surface area contributed by atoms with Crippen LogP contribution in [0.15, 0.2) is 0 Å². The highest BCUT2D eigenvalue weighted by atomic mass is 32.1. The number of nitrogens with one attached hydrogen (secondary N) is 3. The van der Waals surface area contributed by atoms with Crippen molar-refractivity contribution in [1.29, 1.82) is 0 Å². The summed E-state index contributed by atoms with van der Waals surface area (Å²) in [6, 6.07) is 0. The lowest BCUT2D eigenvalue weighted by Gasteiger charge is -2.10. The predicted molar refractivity (Wildman–Crippen MR) is 59.5 cm³/mol. The van der Waals surface area contributed by atoms with Crippen LogP contribution in [0.5, 0.6) is 0 Å². The molecule has 1 saturated carbocycles. The van der Waals surface area contributed by atoms with E-state index in [-0.39, 0.29) is 11.8 Å². The summed E-state index contributed by atoms with van der Waals surface area (Å²) in [4.78, 5) is 11.2.